The minimum Gasteiger partial charge on any atom is -0.486 e. The first-order valence-electron chi connectivity index (χ1n) is 7.12. The van der Waals surface area contributed by atoms with E-state index in [1.165, 1.54) is 12.4 Å². The molecule has 5 nitrogen and oxygen atoms in total. The molecule has 114 valence electrons. The number of nitrogens with zero attached hydrogens (tertiary/aromatic N) is 3. The van der Waals surface area contributed by atoms with Gasteiger partial charge in [-0.05, 0) is 26.5 Å². The number of aromatic nitrogens is 3. The standard InChI is InChI=1S/C15H21FN4O/c1-4-7-20-15(18-10-19-20)9-21-12-5-6-13(11(2)17-3)14(16)8-12/h5-6,8,10-11,17H,4,7,9H2,1-3H3. The van der Waals surface area contributed by atoms with Crippen LogP contribution in [0.15, 0.2) is 24.5 Å². The Kier molecular flexibility index (Phi) is 5.27. The van der Waals surface area contributed by atoms with Gasteiger partial charge in [0.25, 0.3) is 0 Å². The Morgan fingerprint density at radius 2 is 2.24 bits per heavy atom. The van der Waals surface area contributed by atoms with E-state index in [-0.39, 0.29) is 18.5 Å². The molecule has 0 saturated carbocycles. The summed E-state index contributed by atoms with van der Waals surface area (Å²) in [7, 11) is 1.80. The van der Waals surface area contributed by atoms with E-state index in [0.29, 0.717) is 11.3 Å². The van der Waals surface area contributed by atoms with Crippen molar-refractivity contribution in [3.8, 4) is 5.75 Å². The molecule has 0 bridgehead atoms. The minimum absolute atomic E-state index is 0.0355. The van der Waals surface area contributed by atoms with E-state index < -0.39 is 0 Å². The number of hydrogen-bond acceptors (Lipinski definition) is 4. The van der Waals surface area contributed by atoms with Gasteiger partial charge in [-0.3, -0.25) is 0 Å². The van der Waals surface area contributed by atoms with Crippen molar-refractivity contribution in [3.63, 3.8) is 0 Å². The Labute approximate surface area is 124 Å². The first-order chi connectivity index (χ1) is 10.2. The van der Waals surface area contributed by atoms with E-state index in [0.717, 1.165) is 18.8 Å². The maximum atomic E-state index is 14.0. The monoisotopic (exact) mass is 292 g/mol. The van der Waals surface area contributed by atoms with E-state index in [4.69, 9.17) is 4.74 Å². The van der Waals surface area contributed by atoms with Crippen LogP contribution in [0, 0.1) is 5.82 Å². The SMILES string of the molecule is CCCn1ncnc1COc1ccc(C(C)NC)c(F)c1. The summed E-state index contributed by atoms with van der Waals surface area (Å²) in [6.07, 6.45) is 2.48. The fourth-order valence-corrected chi connectivity index (χ4v) is 2.05. The van der Waals surface area contributed by atoms with Crippen molar-refractivity contribution in [2.75, 3.05) is 7.05 Å². The normalized spacial score (nSPS) is 12.4. The van der Waals surface area contributed by atoms with Crippen LogP contribution in [0.4, 0.5) is 4.39 Å². The van der Waals surface area contributed by atoms with Crippen LogP contribution in [0.3, 0.4) is 0 Å². The molecule has 0 aliphatic carbocycles. The predicted molar refractivity (Wildman–Crippen MR) is 78.5 cm³/mol. The number of ether oxygens (including phenoxy) is 1. The summed E-state index contributed by atoms with van der Waals surface area (Å²) in [5.74, 6) is 0.958. The van der Waals surface area contributed by atoms with Gasteiger partial charge < -0.3 is 10.1 Å². The molecule has 1 aromatic carbocycles. The van der Waals surface area contributed by atoms with Gasteiger partial charge in [0.05, 0.1) is 0 Å². The molecule has 2 rings (SSSR count). The third-order valence-corrected chi connectivity index (χ3v) is 3.37. The highest BCUT2D eigenvalue weighted by Gasteiger charge is 2.11. The molecule has 0 aliphatic heterocycles. The molecule has 21 heavy (non-hydrogen) atoms. The minimum atomic E-state index is -0.274. The molecule has 1 unspecified atom stereocenters. The summed E-state index contributed by atoms with van der Waals surface area (Å²) in [6.45, 7) is 5.06. The molecule has 0 aliphatic rings. The quantitative estimate of drug-likeness (QED) is 0.852. The summed E-state index contributed by atoms with van der Waals surface area (Å²) in [4.78, 5) is 4.15. The molecule has 0 saturated heterocycles. The average molecular weight is 292 g/mol. The molecule has 1 aromatic heterocycles. The maximum absolute atomic E-state index is 14.0. The Balaban J connectivity index is 2.03. The first-order valence-corrected chi connectivity index (χ1v) is 7.12. The molecule has 0 amide bonds. The summed E-state index contributed by atoms with van der Waals surface area (Å²) in [5, 5.41) is 7.14. The van der Waals surface area contributed by atoms with Crippen LogP contribution in [0.1, 0.15) is 37.7 Å². The molecule has 0 fully saturated rings. The van der Waals surface area contributed by atoms with E-state index in [2.05, 4.69) is 22.3 Å². The second kappa shape index (κ2) is 7.17. The van der Waals surface area contributed by atoms with Crippen LogP contribution >= 0.6 is 0 Å². The van der Waals surface area contributed by atoms with Gasteiger partial charge in [-0.2, -0.15) is 5.10 Å². The average Bonchev–Trinajstić information content (AvgIpc) is 2.92. The number of benzene rings is 1. The molecule has 1 N–H and O–H groups in total. The van der Waals surface area contributed by atoms with Gasteiger partial charge in [0.1, 0.15) is 24.5 Å². The van der Waals surface area contributed by atoms with Crippen LogP contribution < -0.4 is 10.1 Å². The van der Waals surface area contributed by atoms with Crippen molar-refractivity contribution in [2.24, 2.45) is 0 Å². The van der Waals surface area contributed by atoms with Crippen molar-refractivity contribution in [1.82, 2.24) is 20.1 Å². The van der Waals surface area contributed by atoms with E-state index in [1.807, 2.05) is 6.92 Å². The lowest BCUT2D eigenvalue weighted by Gasteiger charge is -2.13. The van der Waals surface area contributed by atoms with Gasteiger partial charge in [-0.1, -0.05) is 13.0 Å². The lowest BCUT2D eigenvalue weighted by atomic mass is 10.1. The number of rotatable bonds is 7. The third-order valence-electron chi connectivity index (χ3n) is 3.37. The van der Waals surface area contributed by atoms with E-state index >= 15 is 0 Å². The summed E-state index contributed by atoms with van der Waals surface area (Å²) in [6, 6.07) is 4.88. The van der Waals surface area contributed by atoms with Crippen LogP contribution in [0.5, 0.6) is 5.75 Å². The number of nitrogens with one attached hydrogen (secondary N) is 1. The maximum Gasteiger partial charge on any atom is 0.164 e. The summed E-state index contributed by atoms with van der Waals surface area (Å²) < 4.78 is 21.4. The Morgan fingerprint density at radius 1 is 1.43 bits per heavy atom. The summed E-state index contributed by atoms with van der Waals surface area (Å²) in [5.41, 5.74) is 0.624. The Hall–Kier alpha value is -1.95. The fraction of sp³-hybridized carbons (Fsp3) is 0.467. The Bertz CT molecular complexity index is 585. The molecular formula is C15H21FN4O. The number of halogens is 1. The molecule has 0 radical (unpaired) electrons. The fourth-order valence-electron chi connectivity index (χ4n) is 2.05. The van der Waals surface area contributed by atoms with E-state index in [9.17, 15) is 4.39 Å². The molecule has 6 heteroatoms. The van der Waals surface area contributed by atoms with Crippen LogP contribution in [0.25, 0.3) is 0 Å². The lowest BCUT2D eigenvalue weighted by molar-refractivity contribution is 0.284. The third kappa shape index (κ3) is 3.78. The summed E-state index contributed by atoms with van der Waals surface area (Å²) >= 11 is 0. The van der Waals surface area contributed by atoms with Gasteiger partial charge in [0.2, 0.25) is 0 Å². The predicted octanol–water partition coefficient (Wildman–Crippen LogP) is 2.69. The largest absolute Gasteiger partial charge is 0.486 e. The molecule has 2 aromatic rings. The molecule has 1 heterocycles. The molecule has 1 atom stereocenters. The van der Waals surface area contributed by atoms with Crippen molar-refractivity contribution in [3.05, 3.63) is 41.7 Å². The van der Waals surface area contributed by atoms with Gasteiger partial charge in [-0.15, -0.1) is 0 Å². The van der Waals surface area contributed by atoms with Gasteiger partial charge in [0.15, 0.2) is 5.82 Å². The topological polar surface area (TPSA) is 52.0 Å². The highest BCUT2D eigenvalue weighted by Crippen LogP contribution is 2.22. The van der Waals surface area contributed by atoms with Gasteiger partial charge >= 0.3 is 0 Å². The van der Waals surface area contributed by atoms with Crippen molar-refractivity contribution < 1.29 is 9.13 Å². The van der Waals surface area contributed by atoms with Crippen LogP contribution in [-0.4, -0.2) is 21.8 Å². The highest BCUT2D eigenvalue weighted by molar-refractivity contribution is 5.30. The molecular weight excluding hydrogens is 271 g/mol. The molecule has 0 spiro atoms. The zero-order chi connectivity index (χ0) is 15.2. The van der Waals surface area contributed by atoms with Crippen molar-refractivity contribution in [2.45, 2.75) is 39.5 Å². The number of hydrogen-bond donors (Lipinski definition) is 1. The van der Waals surface area contributed by atoms with Crippen molar-refractivity contribution >= 4 is 0 Å². The van der Waals surface area contributed by atoms with E-state index in [1.54, 1.807) is 23.9 Å². The Morgan fingerprint density at radius 3 is 2.90 bits per heavy atom. The van der Waals surface area contributed by atoms with Gasteiger partial charge in [-0.25, -0.2) is 14.1 Å². The van der Waals surface area contributed by atoms with Gasteiger partial charge in [0, 0.05) is 24.2 Å². The highest BCUT2D eigenvalue weighted by atomic mass is 19.1. The lowest BCUT2D eigenvalue weighted by Crippen LogP contribution is -2.14. The van der Waals surface area contributed by atoms with Crippen molar-refractivity contribution in [1.29, 1.82) is 0 Å². The smallest absolute Gasteiger partial charge is 0.164 e. The second-order valence-electron chi connectivity index (χ2n) is 4.88. The number of aryl methyl sites for hydroxylation is 1. The van der Waals surface area contributed by atoms with Crippen LogP contribution in [0.2, 0.25) is 0 Å². The zero-order valence-electron chi connectivity index (χ0n) is 12.6. The van der Waals surface area contributed by atoms with Crippen LogP contribution in [-0.2, 0) is 13.2 Å². The second-order valence-corrected chi connectivity index (χ2v) is 4.88. The first kappa shape index (κ1) is 15.4. The zero-order valence-corrected chi connectivity index (χ0v) is 12.6.